The van der Waals surface area contributed by atoms with Gasteiger partial charge in [0.1, 0.15) is 17.3 Å². The number of carbonyl (C=O) groups excluding carboxylic acids is 1. The zero-order valence-electron chi connectivity index (χ0n) is 15.8. The summed E-state index contributed by atoms with van der Waals surface area (Å²) in [6, 6.07) is 17.3. The molecule has 0 spiro atoms. The van der Waals surface area contributed by atoms with Gasteiger partial charge in [-0.25, -0.2) is 4.79 Å². The van der Waals surface area contributed by atoms with E-state index in [4.69, 9.17) is 4.74 Å². The molecular formula is C22H19FN2O2S. The molecule has 0 saturated carbocycles. The summed E-state index contributed by atoms with van der Waals surface area (Å²) >= 11 is 1.66. The van der Waals surface area contributed by atoms with E-state index in [0.717, 1.165) is 20.6 Å². The fraction of sp³-hybridized carbons (Fsp3) is 0.182. The van der Waals surface area contributed by atoms with Gasteiger partial charge in [-0.3, -0.25) is 0 Å². The second-order valence-electron chi connectivity index (χ2n) is 6.06. The smallest absolute Gasteiger partial charge is 0.355 e. The Morgan fingerprint density at radius 3 is 2.43 bits per heavy atom. The molecular weight excluding hydrogens is 375 g/mol. The largest absolute Gasteiger partial charge is 0.461 e. The molecule has 0 aliphatic rings. The first-order valence-electron chi connectivity index (χ1n) is 8.72. The maximum atomic E-state index is 14.5. The lowest BCUT2D eigenvalue weighted by Crippen LogP contribution is -2.11. The summed E-state index contributed by atoms with van der Waals surface area (Å²) in [5.74, 6) is -1.41. The van der Waals surface area contributed by atoms with Crippen molar-refractivity contribution >= 4 is 17.7 Å². The van der Waals surface area contributed by atoms with Gasteiger partial charge in [0.15, 0.2) is 0 Å². The topological polar surface area (TPSA) is 55.0 Å². The highest BCUT2D eigenvalue weighted by molar-refractivity contribution is 7.98. The Kier molecular flexibility index (Phi) is 5.86. The van der Waals surface area contributed by atoms with E-state index < -0.39 is 11.9 Å². The second kappa shape index (κ2) is 8.32. The van der Waals surface area contributed by atoms with Gasteiger partial charge in [-0.1, -0.05) is 42.5 Å². The Hall–Kier alpha value is -3.04. The lowest BCUT2D eigenvalue weighted by atomic mass is 9.98. The third-order valence-electron chi connectivity index (χ3n) is 4.50. The summed E-state index contributed by atoms with van der Waals surface area (Å²) in [5, 5.41) is 9.45. The SMILES string of the molecule is CCOC(=O)c1c(-c2ccc(-c3ccccc3SC)cc2)c(C#N)c(F)n1C. The number of halogens is 1. The highest BCUT2D eigenvalue weighted by Crippen LogP contribution is 2.35. The van der Waals surface area contributed by atoms with E-state index in [1.165, 1.54) is 7.05 Å². The van der Waals surface area contributed by atoms with Crippen LogP contribution in [-0.4, -0.2) is 23.4 Å². The van der Waals surface area contributed by atoms with Crippen LogP contribution in [0.5, 0.6) is 0 Å². The minimum absolute atomic E-state index is 0.0353. The van der Waals surface area contributed by atoms with Gasteiger partial charge in [-0.15, -0.1) is 11.8 Å². The average molecular weight is 394 g/mol. The molecule has 0 bridgehead atoms. The Labute approximate surface area is 167 Å². The molecule has 1 heterocycles. The van der Waals surface area contributed by atoms with Crippen molar-refractivity contribution in [1.29, 1.82) is 5.26 Å². The van der Waals surface area contributed by atoms with Crippen LogP contribution in [0.4, 0.5) is 4.39 Å². The highest BCUT2D eigenvalue weighted by atomic mass is 32.2. The van der Waals surface area contributed by atoms with E-state index in [1.807, 2.05) is 48.7 Å². The maximum absolute atomic E-state index is 14.5. The normalized spacial score (nSPS) is 10.5. The zero-order valence-corrected chi connectivity index (χ0v) is 16.6. The van der Waals surface area contributed by atoms with Crippen LogP contribution >= 0.6 is 11.8 Å². The monoisotopic (exact) mass is 394 g/mol. The third kappa shape index (κ3) is 3.41. The number of hydrogen-bond acceptors (Lipinski definition) is 4. The predicted octanol–water partition coefficient (Wildman–Crippen LogP) is 5.27. The van der Waals surface area contributed by atoms with Crippen LogP contribution in [0, 0.1) is 17.3 Å². The van der Waals surface area contributed by atoms with Gasteiger partial charge in [0.2, 0.25) is 5.95 Å². The molecule has 2 aromatic carbocycles. The molecule has 0 atom stereocenters. The van der Waals surface area contributed by atoms with Gasteiger partial charge in [0.25, 0.3) is 0 Å². The molecule has 0 aliphatic heterocycles. The number of benzene rings is 2. The van der Waals surface area contributed by atoms with Crippen molar-refractivity contribution in [3.63, 3.8) is 0 Å². The van der Waals surface area contributed by atoms with Crippen LogP contribution in [0.3, 0.4) is 0 Å². The van der Waals surface area contributed by atoms with Crippen molar-refractivity contribution in [3.8, 4) is 28.3 Å². The first kappa shape index (κ1) is 19.7. The highest BCUT2D eigenvalue weighted by Gasteiger charge is 2.27. The summed E-state index contributed by atoms with van der Waals surface area (Å²) in [6.45, 7) is 1.84. The first-order valence-corrected chi connectivity index (χ1v) is 9.95. The predicted molar refractivity (Wildman–Crippen MR) is 109 cm³/mol. The van der Waals surface area contributed by atoms with E-state index in [2.05, 4.69) is 0 Å². The third-order valence-corrected chi connectivity index (χ3v) is 5.29. The molecule has 0 fully saturated rings. The quantitative estimate of drug-likeness (QED) is 0.437. The second-order valence-corrected chi connectivity index (χ2v) is 6.91. The number of rotatable bonds is 5. The number of hydrogen-bond donors (Lipinski definition) is 0. The summed E-state index contributed by atoms with van der Waals surface area (Å²) in [6.07, 6.45) is 2.02. The van der Waals surface area contributed by atoms with Crippen molar-refractivity contribution in [2.45, 2.75) is 11.8 Å². The van der Waals surface area contributed by atoms with Crippen molar-refractivity contribution < 1.29 is 13.9 Å². The molecule has 0 radical (unpaired) electrons. The Morgan fingerprint density at radius 1 is 1.18 bits per heavy atom. The lowest BCUT2D eigenvalue weighted by molar-refractivity contribution is 0.0514. The Morgan fingerprint density at radius 2 is 1.82 bits per heavy atom. The van der Waals surface area contributed by atoms with E-state index in [0.29, 0.717) is 5.56 Å². The van der Waals surface area contributed by atoms with Crippen LogP contribution in [0.15, 0.2) is 53.4 Å². The van der Waals surface area contributed by atoms with Gasteiger partial charge in [-0.05, 0) is 35.9 Å². The molecule has 142 valence electrons. The summed E-state index contributed by atoms with van der Waals surface area (Å²) in [5.41, 5.74) is 2.80. The number of nitrogens with zero attached hydrogens (tertiary/aromatic N) is 2. The van der Waals surface area contributed by atoms with E-state index in [9.17, 15) is 14.4 Å². The fourth-order valence-electron chi connectivity index (χ4n) is 3.18. The Balaban J connectivity index is 2.13. The van der Waals surface area contributed by atoms with E-state index in [1.54, 1.807) is 30.8 Å². The minimum Gasteiger partial charge on any atom is -0.461 e. The van der Waals surface area contributed by atoms with Gasteiger partial charge in [0, 0.05) is 17.5 Å². The van der Waals surface area contributed by atoms with Crippen LogP contribution in [0.25, 0.3) is 22.3 Å². The molecule has 0 N–H and O–H groups in total. The maximum Gasteiger partial charge on any atom is 0.355 e. The molecule has 6 heteroatoms. The lowest BCUT2D eigenvalue weighted by Gasteiger charge is -2.10. The van der Waals surface area contributed by atoms with Crippen molar-refractivity contribution in [1.82, 2.24) is 4.57 Å². The average Bonchev–Trinajstić information content (AvgIpc) is 2.98. The number of aromatic nitrogens is 1. The number of ether oxygens (including phenoxy) is 1. The number of esters is 1. The number of carbonyl (C=O) groups is 1. The summed E-state index contributed by atoms with van der Waals surface area (Å²) in [4.78, 5) is 13.5. The molecule has 4 nitrogen and oxygen atoms in total. The summed E-state index contributed by atoms with van der Waals surface area (Å²) in [7, 11) is 1.41. The molecule has 0 unspecified atom stereocenters. The summed E-state index contributed by atoms with van der Waals surface area (Å²) < 4.78 is 20.7. The standard InChI is InChI=1S/C22H19FN2O2S/c1-4-27-22(26)20-19(17(13-24)21(23)25(20)2)15-11-9-14(10-12-15)16-7-5-6-8-18(16)28-3/h5-12H,4H2,1-3H3. The Bertz CT molecular complexity index is 1070. The van der Waals surface area contributed by atoms with Gasteiger partial charge in [0.05, 0.1) is 6.61 Å². The van der Waals surface area contributed by atoms with E-state index >= 15 is 0 Å². The molecule has 0 aliphatic carbocycles. The van der Waals surface area contributed by atoms with Gasteiger partial charge in [-0.2, -0.15) is 9.65 Å². The molecule has 3 aromatic rings. The van der Waals surface area contributed by atoms with Crippen LogP contribution in [0.1, 0.15) is 23.0 Å². The molecule has 0 amide bonds. The van der Waals surface area contributed by atoms with Gasteiger partial charge >= 0.3 is 5.97 Å². The molecule has 0 saturated heterocycles. The fourth-order valence-corrected chi connectivity index (χ4v) is 3.80. The van der Waals surface area contributed by atoms with Crippen molar-refractivity contribution in [2.24, 2.45) is 7.05 Å². The van der Waals surface area contributed by atoms with Crippen LogP contribution in [0.2, 0.25) is 0 Å². The van der Waals surface area contributed by atoms with Crippen LogP contribution in [-0.2, 0) is 11.8 Å². The molecule has 28 heavy (non-hydrogen) atoms. The zero-order chi connectivity index (χ0) is 20.3. The minimum atomic E-state index is -0.752. The molecule has 3 rings (SSSR count). The van der Waals surface area contributed by atoms with Crippen molar-refractivity contribution in [2.75, 3.05) is 12.9 Å². The van der Waals surface area contributed by atoms with Gasteiger partial charge < -0.3 is 9.30 Å². The first-order chi connectivity index (χ1) is 13.5. The molecule has 1 aromatic heterocycles. The number of nitriles is 1. The van der Waals surface area contributed by atoms with Crippen LogP contribution < -0.4 is 0 Å². The number of thioether (sulfide) groups is 1. The van der Waals surface area contributed by atoms with E-state index in [-0.39, 0.29) is 23.4 Å². The van der Waals surface area contributed by atoms with Crippen molar-refractivity contribution in [3.05, 3.63) is 65.7 Å².